The number of sulfonamides is 1. The number of rotatable bonds is 3. The minimum atomic E-state index is -3.59. The van der Waals surface area contributed by atoms with Crippen LogP contribution >= 0.6 is 0 Å². The Morgan fingerprint density at radius 2 is 1.75 bits per heavy atom. The first-order valence-electron chi connectivity index (χ1n) is 6.33. The fraction of sp³-hybridized carbons (Fsp3) is 0.357. The number of H-pyrrole nitrogens is 1. The van der Waals surface area contributed by atoms with Crippen LogP contribution in [0.15, 0.2) is 35.4 Å². The zero-order valence-corrected chi connectivity index (χ0v) is 12.9. The molecule has 5 nitrogen and oxygen atoms in total. The molecular weight excluding hydrogens is 274 g/mol. The number of anilines is 1. The summed E-state index contributed by atoms with van der Waals surface area (Å²) in [6.07, 6.45) is 1.57. The number of benzene rings is 1. The Balaban J connectivity index is 2.29. The average molecular weight is 293 g/mol. The molecule has 0 atom stereocenters. The molecule has 0 radical (unpaired) electrons. The van der Waals surface area contributed by atoms with E-state index >= 15 is 0 Å². The van der Waals surface area contributed by atoms with E-state index in [9.17, 15) is 8.42 Å². The third kappa shape index (κ3) is 3.01. The van der Waals surface area contributed by atoms with Crippen LogP contribution in [-0.4, -0.2) is 18.6 Å². The van der Waals surface area contributed by atoms with E-state index in [0.717, 1.165) is 11.1 Å². The fourth-order valence-corrected chi connectivity index (χ4v) is 2.86. The molecule has 0 fully saturated rings. The second-order valence-electron chi connectivity index (χ2n) is 5.81. The summed E-state index contributed by atoms with van der Waals surface area (Å²) in [5.74, 6) is 0.393. The van der Waals surface area contributed by atoms with Gasteiger partial charge in [-0.3, -0.25) is 9.82 Å². The van der Waals surface area contributed by atoms with E-state index < -0.39 is 10.0 Å². The van der Waals surface area contributed by atoms with Gasteiger partial charge in [0.05, 0.1) is 11.1 Å². The molecule has 2 rings (SSSR count). The van der Waals surface area contributed by atoms with Crippen LogP contribution in [-0.2, 0) is 15.4 Å². The highest BCUT2D eigenvalue weighted by Crippen LogP contribution is 2.24. The van der Waals surface area contributed by atoms with Gasteiger partial charge in [-0.05, 0) is 30.0 Å². The van der Waals surface area contributed by atoms with Gasteiger partial charge in [0.25, 0.3) is 10.0 Å². The Bertz CT molecular complexity index is 695. The van der Waals surface area contributed by atoms with Crippen molar-refractivity contribution in [3.63, 3.8) is 0 Å². The quantitative estimate of drug-likeness (QED) is 0.913. The monoisotopic (exact) mass is 293 g/mol. The molecule has 20 heavy (non-hydrogen) atoms. The first-order valence-corrected chi connectivity index (χ1v) is 7.82. The van der Waals surface area contributed by atoms with Gasteiger partial charge in [-0.2, -0.15) is 5.10 Å². The Kier molecular flexibility index (Phi) is 3.60. The van der Waals surface area contributed by atoms with Crippen LogP contribution in [0.1, 0.15) is 31.9 Å². The molecule has 0 aliphatic heterocycles. The lowest BCUT2D eigenvalue weighted by Crippen LogP contribution is -2.15. The number of aromatic nitrogens is 2. The second-order valence-corrected chi connectivity index (χ2v) is 7.49. The zero-order valence-electron chi connectivity index (χ0n) is 12.1. The van der Waals surface area contributed by atoms with Crippen molar-refractivity contribution in [1.29, 1.82) is 0 Å². The van der Waals surface area contributed by atoms with Crippen molar-refractivity contribution in [2.24, 2.45) is 0 Å². The molecular formula is C14H19N3O2S. The van der Waals surface area contributed by atoms with Crippen molar-refractivity contribution in [2.45, 2.75) is 38.0 Å². The Morgan fingerprint density at radius 1 is 1.15 bits per heavy atom. The fourth-order valence-electron chi connectivity index (χ4n) is 1.78. The molecule has 1 aromatic heterocycles. The number of nitrogens with zero attached hydrogens (tertiary/aromatic N) is 1. The summed E-state index contributed by atoms with van der Waals surface area (Å²) in [6, 6.07) is 6.92. The molecule has 0 bridgehead atoms. The Hall–Kier alpha value is -1.82. The molecule has 1 aromatic carbocycles. The lowest BCUT2D eigenvalue weighted by molar-refractivity contribution is 0.587. The summed E-state index contributed by atoms with van der Waals surface area (Å²) in [4.78, 5) is 0.236. The van der Waals surface area contributed by atoms with Gasteiger partial charge >= 0.3 is 0 Å². The predicted molar refractivity (Wildman–Crippen MR) is 79.3 cm³/mol. The zero-order chi connectivity index (χ0) is 15.0. The molecule has 0 amide bonds. The number of aromatic amines is 1. The lowest BCUT2D eigenvalue weighted by atomic mass is 9.87. The third-order valence-electron chi connectivity index (χ3n) is 3.10. The molecule has 0 aliphatic rings. The summed E-state index contributed by atoms with van der Waals surface area (Å²) < 4.78 is 27.0. The van der Waals surface area contributed by atoms with E-state index in [4.69, 9.17) is 0 Å². The Labute approximate surface area is 119 Å². The van der Waals surface area contributed by atoms with E-state index in [-0.39, 0.29) is 10.3 Å². The highest BCUT2D eigenvalue weighted by Gasteiger charge is 2.18. The molecule has 2 N–H and O–H groups in total. The standard InChI is InChI=1S/C14H19N3O2S/c1-10-9-15-16-13(10)17-20(18,19)12-7-5-11(6-8-12)14(2,3)4/h5-9H,1-4H3,(H2,15,16,17). The average Bonchev–Trinajstić information content (AvgIpc) is 2.73. The highest BCUT2D eigenvalue weighted by molar-refractivity contribution is 7.92. The first-order chi connectivity index (χ1) is 9.20. The molecule has 0 saturated heterocycles. The van der Waals surface area contributed by atoms with E-state index in [0.29, 0.717) is 5.82 Å². The summed E-state index contributed by atoms with van der Waals surface area (Å²) >= 11 is 0. The van der Waals surface area contributed by atoms with Crippen LogP contribution < -0.4 is 4.72 Å². The van der Waals surface area contributed by atoms with Crippen LogP contribution in [0.4, 0.5) is 5.82 Å². The van der Waals surface area contributed by atoms with Gasteiger partial charge in [-0.25, -0.2) is 8.42 Å². The number of nitrogens with one attached hydrogen (secondary N) is 2. The largest absolute Gasteiger partial charge is 0.264 e. The van der Waals surface area contributed by atoms with E-state index in [1.54, 1.807) is 25.3 Å². The minimum absolute atomic E-state index is 0.00428. The van der Waals surface area contributed by atoms with E-state index in [1.807, 2.05) is 12.1 Å². The SMILES string of the molecule is Cc1cn[nH]c1NS(=O)(=O)c1ccc(C(C)(C)C)cc1. The Morgan fingerprint density at radius 3 is 2.20 bits per heavy atom. The first kappa shape index (κ1) is 14.6. The van der Waals surface area contributed by atoms with Crippen molar-refractivity contribution in [2.75, 3.05) is 4.72 Å². The molecule has 6 heteroatoms. The van der Waals surface area contributed by atoms with E-state index in [1.165, 1.54) is 0 Å². The number of aryl methyl sites for hydroxylation is 1. The van der Waals surface area contributed by atoms with Crippen LogP contribution in [0.5, 0.6) is 0 Å². The van der Waals surface area contributed by atoms with Crippen molar-refractivity contribution < 1.29 is 8.42 Å². The van der Waals surface area contributed by atoms with Crippen LogP contribution in [0.3, 0.4) is 0 Å². The summed E-state index contributed by atoms with van der Waals surface area (Å²) in [5.41, 5.74) is 1.84. The van der Waals surface area contributed by atoms with Crippen LogP contribution in [0.2, 0.25) is 0 Å². The maximum absolute atomic E-state index is 12.3. The lowest BCUT2D eigenvalue weighted by Gasteiger charge is -2.19. The molecule has 1 heterocycles. The summed E-state index contributed by atoms with van der Waals surface area (Å²) in [6.45, 7) is 8.04. The van der Waals surface area contributed by atoms with Gasteiger partial charge in [0, 0.05) is 5.56 Å². The third-order valence-corrected chi connectivity index (χ3v) is 4.46. The molecule has 0 spiro atoms. The molecule has 0 aliphatic carbocycles. The van der Waals surface area contributed by atoms with Gasteiger partial charge in [0.1, 0.15) is 5.82 Å². The summed E-state index contributed by atoms with van der Waals surface area (Å²) in [5, 5.41) is 6.42. The van der Waals surface area contributed by atoms with E-state index in [2.05, 4.69) is 35.7 Å². The molecule has 108 valence electrons. The molecule has 0 saturated carbocycles. The maximum atomic E-state index is 12.3. The maximum Gasteiger partial charge on any atom is 0.263 e. The molecule has 2 aromatic rings. The van der Waals surface area contributed by atoms with Crippen molar-refractivity contribution >= 4 is 15.8 Å². The minimum Gasteiger partial charge on any atom is -0.264 e. The van der Waals surface area contributed by atoms with Crippen molar-refractivity contribution in [1.82, 2.24) is 10.2 Å². The van der Waals surface area contributed by atoms with Gasteiger partial charge in [-0.1, -0.05) is 32.9 Å². The normalized spacial score (nSPS) is 12.4. The van der Waals surface area contributed by atoms with Crippen molar-refractivity contribution in [3.8, 4) is 0 Å². The topological polar surface area (TPSA) is 74.8 Å². The second kappa shape index (κ2) is 4.94. The van der Waals surface area contributed by atoms with Crippen LogP contribution in [0.25, 0.3) is 0 Å². The van der Waals surface area contributed by atoms with Gasteiger partial charge in [0.2, 0.25) is 0 Å². The smallest absolute Gasteiger partial charge is 0.263 e. The number of hydrogen-bond acceptors (Lipinski definition) is 3. The van der Waals surface area contributed by atoms with Crippen LogP contribution in [0, 0.1) is 6.92 Å². The van der Waals surface area contributed by atoms with Gasteiger partial charge < -0.3 is 0 Å². The highest BCUT2D eigenvalue weighted by atomic mass is 32.2. The molecule has 0 unspecified atom stereocenters. The summed E-state index contributed by atoms with van der Waals surface area (Å²) in [7, 11) is -3.59. The van der Waals surface area contributed by atoms with Crippen molar-refractivity contribution in [3.05, 3.63) is 41.6 Å². The number of hydrogen-bond donors (Lipinski definition) is 2. The van der Waals surface area contributed by atoms with Gasteiger partial charge in [-0.15, -0.1) is 0 Å². The predicted octanol–water partition coefficient (Wildman–Crippen LogP) is 2.82. The van der Waals surface area contributed by atoms with Gasteiger partial charge in [0.15, 0.2) is 0 Å².